The molecule has 0 aromatic carbocycles. The first kappa shape index (κ1) is 5.70. The zero-order chi connectivity index (χ0) is 4.99. The molecular weight excluding hydrogens is 124 g/mol. The minimum absolute atomic E-state index is 2.14. The molecule has 0 aliphatic heterocycles. The fourth-order valence-electron chi connectivity index (χ4n) is 0.0314. The monoisotopic (exact) mass is 124 g/mol. The van der Waals surface area contributed by atoms with Gasteiger partial charge in [-0.15, -0.1) is 0 Å². The van der Waals surface area contributed by atoms with E-state index in [0.29, 0.717) is 0 Å². The van der Waals surface area contributed by atoms with Crippen LogP contribution in [0.4, 0.5) is 0 Å². The van der Waals surface area contributed by atoms with E-state index in [0.717, 1.165) is 0 Å². The molecule has 32 valence electrons. The Kier molecular flexibility index (Phi) is 2.77. The molecular formula is ClN3OP+. The molecule has 1 unspecified atom stereocenters. The third kappa shape index (κ3) is 3.70. The van der Waals surface area contributed by atoms with Gasteiger partial charge >= 0.3 is 7.30 Å². The molecule has 0 heterocycles. The lowest BCUT2D eigenvalue weighted by atomic mass is 13.0. The van der Waals surface area contributed by atoms with Crippen molar-refractivity contribution in [1.29, 1.82) is 0 Å². The largest absolute Gasteiger partial charge is 0.580 e. The summed E-state index contributed by atoms with van der Waals surface area (Å²) >= 11 is 4.67. The van der Waals surface area contributed by atoms with Crippen LogP contribution in [-0.4, -0.2) is 0 Å². The van der Waals surface area contributed by atoms with Crippen LogP contribution in [0.3, 0.4) is 0 Å². The Morgan fingerprint density at radius 2 is 2.50 bits per heavy atom. The summed E-state index contributed by atoms with van der Waals surface area (Å²) in [5.41, 5.74) is 7.43. The van der Waals surface area contributed by atoms with Gasteiger partial charge in [-0.1, -0.05) is 0 Å². The zero-order valence-corrected chi connectivity index (χ0v) is 4.23. The van der Waals surface area contributed by atoms with Crippen LogP contribution in [0.25, 0.3) is 10.4 Å². The molecule has 0 amide bonds. The lowest BCUT2D eigenvalue weighted by Gasteiger charge is -1.36. The summed E-state index contributed by atoms with van der Waals surface area (Å²) in [5.74, 6) is 0. The average Bonchev–Trinajstić information content (AvgIpc) is 1.35. The standard InChI is InChI=1S/ClN3OP/c1-6(5)4-3-2/q+1. The minimum Gasteiger partial charge on any atom is -0.0341 e. The van der Waals surface area contributed by atoms with Crippen LogP contribution < -0.4 is 0 Å². The highest BCUT2D eigenvalue weighted by Gasteiger charge is 2.02. The summed E-state index contributed by atoms with van der Waals surface area (Å²) in [6.45, 7) is 0. The molecule has 0 aliphatic rings. The number of hydrogen-bond donors (Lipinski definition) is 0. The van der Waals surface area contributed by atoms with Crippen LogP contribution in [-0.2, 0) is 4.57 Å². The number of azide groups is 1. The van der Waals surface area contributed by atoms with Gasteiger partial charge in [0.05, 0.1) is 0 Å². The molecule has 0 bridgehead atoms. The van der Waals surface area contributed by atoms with Crippen molar-refractivity contribution >= 4 is 18.5 Å². The van der Waals surface area contributed by atoms with Crippen LogP contribution in [0, 0.1) is 0 Å². The van der Waals surface area contributed by atoms with Crippen molar-refractivity contribution in [2.75, 3.05) is 0 Å². The van der Waals surface area contributed by atoms with Crippen molar-refractivity contribution in [3.63, 3.8) is 0 Å². The number of nitrogens with zero attached hydrogens (tertiary/aromatic N) is 3. The van der Waals surface area contributed by atoms with Gasteiger partial charge in [-0.3, -0.25) is 0 Å². The molecule has 0 aliphatic carbocycles. The van der Waals surface area contributed by atoms with Crippen LogP contribution >= 0.6 is 18.5 Å². The topological polar surface area (TPSA) is 65.8 Å². The first-order valence-electron chi connectivity index (χ1n) is 0.952. The zero-order valence-electron chi connectivity index (χ0n) is 2.58. The molecule has 0 rings (SSSR count). The maximum absolute atomic E-state index is 9.54. The molecule has 0 aromatic rings. The summed E-state index contributed by atoms with van der Waals surface area (Å²) in [6, 6.07) is 0. The minimum atomic E-state index is -2.17. The van der Waals surface area contributed by atoms with Crippen molar-refractivity contribution in [2.45, 2.75) is 0 Å². The third-order valence-electron chi connectivity index (χ3n) is 0.110. The second kappa shape index (κ2) is 2.91. The number of halogens is 1. The van der Waals surface area contributed by atoms with Gasteiger partial charge in [-0.2, -0.15) is 0 Å². The number of rotatable bonds is 1. The van der Waals surface area contributed by atoms with Crippen molar-refractivity contribution < 1.29 is 4.57 Å². The summed E-state index contributed by atoms with van der Waals surface area (Å²) in [5, 5.41) is 0. The first-order valence-corrected chi connectivity index (χ1v) is 3.07. The Balaban J connectivity index is 3.60. The van der Waals surface area contributed by atoms with Crippen molar-refractivity contribution in [1.82, 2.24) is 0 Å². The Hall–Kier alpha value is -0.300. The third-order valence-corrected chi connectivity index (χ3v) is 0.534. The van der Waals surface area contributed by atoms with Crippen LogP contribution in [0.15, 0.2) is 4.88 Å². The maximum Gasteiger partial charge on any atom is 0.580 e. The van der Waals surface area contributed by atoms with E-state index in [9.17, 15) is 4.57 Å². The Morgan fingerprint density at radius 1 is 2.00 bits per heavy atom. The number of hydrogen-bond acceptors (Lipinski definition) is 1. The predicted molar refractivity (Wildman–Crippen MR) is 22.6 cm³/mol. The second-order valence-corrected chi connectivity index (χ2v) is 1.90. The average molecular weight is 124 g/mol. The van der Waals surface area contributed by atoms with E-state index in [2.05, 4.69) is 21.0 Å². The van der Waals surface area contributed by atoms with E-state index >= 15 is 0 Å². The highest BCUT2D eigenvalue weighted by Crippen LogP contribution is 2.27. The van der Waals surface area contributed by atoms with Gasteiger partial charge in [0, 0.05) is 10.4 Å². The molecule has 0 N–H and O–H groups in total. The molecule has 0 fully saturated rings. The fourth-order valence-corrected chi connectivity index (χ4v) is 0.185. The predicted octanol–water partition coefficient (Wildman–Crippen LogP) is 2.19. The lowest BCUT2D eigenvalue weighted by Crippen LogP contribution is -1.19. The van der Waals surface area contributed by atoms with Crippen LogP contribution in [0.1, 0.15) is 0 Å². The molecule has 0 spiro atoms. The van der Waals surface area contributed by atoms with E-state index in [1.807, 2.05) is 0 Å². The quantitative estimate of drug-likeness (QED) is 0.229. The summed E-state index contributed by atoms with van der Waals surface area (Å²) < 4.78 is 9.54. The van der Waals surface area contributed by atoms with Crippen LogP contribution in [0.2, 0.25) is 0 Å². The van der Waals surface area contributed by atoms with E-state index in [1.165, 1.54) is 0 Å². The van der Waals surface area contributed by atoms with E-state index in [4.69, 9.17) is 5.53 Å². The molecule has 0 saturated carbocycles. The molecule has 1 atom stereocenters. The van der Waals surface area contributed by atoms with Crippen molar-refractivity contribution in [2.24, 2.45) is 4.88 Å². The maximum atomic E-state index is 9.54. The SMILES string of the molecule is [N-]=[N+]=N[P+](=O)Cl. The summed E-state index contributed by atoms with van der Waals surface area (Å²) in [6.07, 6.45) is 0. The van der Waals surface area contributed by atoms with E-state index < -0.39 is 7.30 Å². The first-order chi connectivity index (χ1) is 2.77. The van der Waals surface area contributed by atoms with Crippen molar-refractivity contribution in [3.05, 3.63) is 10.4 Å². The Bertz CT molecular complexity index is 103. The van der Waals surface area contributed by atoms with Gasteiger partial charge in [0.1, 0.15) is 0 Å². The van der Waals surface area contributed by atoms with Gasteiger partial charge < -0.3 is 0 Å². The van der Waals surface area contributed by atoms with Gasteiger partial charge in [0.25, 0.3) is 0 Å². The van der Waals surface area contributed by atoms with Crippen LogP contribution in [0.5, 0.6) is 0 Å². The van der Waals surface area contributed by atoms with E-state index in [1.54, 1.807) is 0 Å². The molecule has 6 heavy (non-hydrogen) atoms. The smallest absolute Gasteiger partial charge is 0.0341 e. The van der Waals surface area contributed by atoms with Gasteiger partial charge in [0.15, 0.2) is 4.88 Å². The lowest BCUT2D eigenvalue weighted by molar-refractivity contribution is 0.596. The fraction of sp³-hybridized carbons (Fsp3) is 0. The van der Waals surface area contributed by atoms with Gasteiger partial charge in [-0.05, 0) is 4.57 Å². The summed E-state index contributed by atoms with van der Waals surface area (Å²) in [7, 11) is -2.17. The van der Waals surface area contributed by atoms with Gasteiger partial charge in [-0.25, -0.2) is 0 Å². The molecule has 0 aromatic heterocycles. The molecule has 0 radical (unpaired) electrons. The Labute approximate surface area is 39.4 Å². The van der Waals surface area contributed by atoms with E-state index in [-0.39, 0.29) is 0 Å². The highest BCUT2D eigenvalue weighted by molar-refractivity contribution is 7.72. The second-order valence-electron chi connectivity index (χ2n) is 0.405. The van der Waals surface area contributed by atoms with Crippen molar-refractivity contribution in [3.8, 4) is 0 Å². The Morgan fingerprint density at radius 3 is 2.50 bits per heavy atom. The summed E-state index contributed by atoms with van der Waals surface area (Å²) in [4.78, 5) is 4.72. The normalized spacial score (nSPS) is 9.17. The highest BCUT2D eigenvalue weighted by atomic mass is 35.7. The molecule has 0 saturated heterocycles. The molecule has 4 nitrogen and oxygen atoms in total. The molecule has 6 heteroatoms. The van der Waals surface area contributed by atoms with Gasteiger partial charge in [0.2, 0.25) is 11.2 Å².